The molecule has 29 heavy (non-hydrogen) atoms. The van der Waals surface area contributed by atoms with E-state index < -0.39 is 0 Å². The zero-order valence-corrected chi connectivity index (χ0v) is 17.1. The van der Waals surface area contributed by atoms with E-state index in [1.54, 1.807) is 20.2 Å². The Bertz CT molecular complexity index is 911. The molecular weight excluding hydrogens is 366 g/mol. The van der Waals surface area contributed by atoms with Gasteiger partial charge in [-0.05, 0) is 63.8 Å². The van der Waals surface area contributed by atoms with E-state index in [4.69, 9.17) is 4.74 Å². The van der Waals surface area contributed by atoms with E-state index >= 15 is 0 Å². The van der Waals surface area contributed by atoms with Crippen LogP contribution in [0.3, 0.4) is 0 Å². The summed E-state index contributed by atoms with van der Waals surface area (Å²) in [7, 11) is 1.62. The molecule has 3 atom stereocenters. The molecule has 0 saturated carbocycles. The minimum atomic E-state index is -0.0387. The van der Waals surface area contributed by atoms with Gasteiger partial charge in [0.2, 0.25) is 0 Å². The Morgan fingerprint density at radius 1 is 1.14 bits per heavy atom. The van der Waals surface area contributed by atoms with Crippen LogP contribution in [0.4, 0.5) is 5.82 Å². The van der Waals surface area contributed by atoms with E-state index in [0.29, 0.717) is 23.2 Å². The third-order valence-corrected chi connectivity index (χ3v) is 6.24. The van der Waals surface area contributed by atoms with Crippen molar-refractivity contribution in [3.05, 3.63) is 53.2 Å². The van der Waals surface area contributed by atoms with Crippen molar-refractivity contribution in [1.82, 2.24) is 10.3 Å². The second-order valence-electron chi connectivity index (χ2n) is 8.03. The molecule has 0 radical (unpaired) electrons. The summed E-state index contributed by atoms with van der Waals surface area (Å²) in [5.41, 5.74) is 2.17. The number of aromatic nitrogens is 1. The van der Waals surface area contributed by atoms with Crippen LogP contribution in [0.25, 0.3) is 0 Å². The van der Waals surface area contributed by atoms with Gasteiger partial charge in [-0.15, -0.1) is 0 Å². The molecule has 152 valence electrons. The van der Waals surface area contributed by atoms with Crippen molar-refractivity contribution >= 4 is 17.5 Å². The lowest BCUT2D eigenvalue weighted by Crippen LogP contribution is -2.50. The molecule has 1 amide bonds. The molecule has 6 heteroatoms. The predicted octanol–water partition coefficient (Wildman–Crippen LogP) is 3.53. The third kappa shape index (κ3) is 3.71. The number of rotatable bonds is 5. The zero-order chi connectivity index (χ0) is 20.5. The number of methoxy groups -OCH3 is 1. The molecule has 2 fully saturated rings. The number of ketones is 1. The summed E-state index contributed by atoms with van der Waals surface area (Å²) < 4.78 is 5.34. The van der Waals surface area contributed by atoms with Crippen LogP contribution in [0.15, 0.2) is 36.5 Å². The van der Waals surface area contributed by atoms with E-state index in [9.17, 15) is 9.59 Å². The highest BCUT2D eigenvalue weighted by molar-refractivity contribution is 5.96. The SMILES string of the molecule is COc1cccc(C(=O)NC2C[C@H]3CC[C@@H](C2)N3c2ccc(C(C)=O)cn2)c1C. The Balaban J connectivity index is 1.45. The van der Waals surface area contributed by atoms with Crippen LogP contribution in [-0.2, 0) is 0 Å². The van der Waals surface area contributed by atoms with Crippen LogP contribution >= 0.6 is 0 Å². The fourth-order valence-corrected chi connectivity index (χ4v) is 4.76. The average Bonchev–Trinajstić information content (AvgIpc) is 2.98. The number of piperidine rings is 1. The number of hydrogen-bond acceptors (Lipinski definition) is 5. The maximum atomic E-state index is 12.9. The first kappa shape index (κ1) is 19.4. The number of carbonyl (C=O) groups is 2. The topological polar surface area (TPSA) is 71.5 Å². The molecule has 2 aliphatic rings. The van der Waals surface area contributed by atoms with Crippen LogP contribution in [0.5, 0.6) is 5.75 Å². The minimum absolute atomic E-state index is 0.0290. The highest BCUT2D eigenvalue weighted by Crippen LogP contribution is 2.38. The number of Topliss-reactive ketones (excluding diaryl/α,β-unsaturated/α-hetero) is 1. The maximum Gasteiger partial charge on any atom is 0.251 e. The number of pyridine rings is 1. The zero-order valence-electron chi connectivity index (χ0n) is 17.1. The van der Waals surface area contributed by atoms with Crippen LogP contribution in [0.2, 0.25) is 0 Å². The fourth-order valence-electron chi connectivity index (χ4n) is 4.76. The lowest BCUT2D eigenvalue weighted by molar-refractivity contribution is 0.0925. The van der Waals surface area contributed by atoms with Crippen molar-refractivity contribution in [2.75, 3.05) is 12.0 Å². The average molecular weight is 393 g/mol. The van der Waals surface area contributed by atoms with Gasteiger partial charge < -0.3 is 15.0 Å². The molecule has 1 aromatic carbocycles. The number of nitrogens with one attached hydrogen (secondary N) is 1. The normalized spacial score (nSPS) is 23.0. The maximum absolute atomic E-state index is 12.9. The fraction of sp³-hybridized carbons (Fsp3) is 0.435. The number of fused-ring (bicyclic) bond motifs is 2. The number of anilines is 1. The first-order valence-corrected chi connectivity index (χ1v) is 10.2. The van der Waals surface area contributed by atoms with Crippen LogP contribution in [-0.4, -0.2) is 41.9 Å². The number of ether oxygens (including phenoxy) is 1. The number of nitrogens with zero attached hydrogens (tertiary/aromatic N) is 2. The van der Waals surface area contributed by atoms with Gasteiger partial charge in [0.15, 0.2) is 5.78 Å². The van der Waals surface area contributed by atoms with Crippen molar-refractivity contribution in [2.45, 2.75) is 57.7 Å². The summed E-state index contributed by atoms with van der Waals surface area (Å²) in [6.07, 6.45) is 5.68. The predicted molar refractivity (Wildman–Crippen MR) is 112 cm³/mol. The number of benzene rings is 1. The van der Waals surface area contributed by atoms with Gasteiger partial charge in [-0.2, -0.15) is 0 Å². The Morgan fingerprint density at radius 3 is 2.45 bits per heavy atom. The van der Waals surface area contributed by atoms with Gasteiger partial charge >= 0.3 is 0 Å². The molecule has 4 rings (SSSR count). The standard InChI is InChI=1S/C23H27N3O3/c1-14-20(5-4-6-21(14)29-3)23(28)25-17-11-18-8-9-19(12-17)26(18)22-10-7-16(13-24-22)15(2)27/h4-7,10,13,17-19H,8-9,11-12H2,1-3H3,(H,25,28)/t17?,18-,19+. The summed E-state index contributed by atoms with van der Waals surface area (Å²) in [4.78, 5) is 31.3. The van der Waals surface area contributed by atoms with E-state index in [1.807, 2.05) is 37.3 Å². The largest absolute Gasteiger partial charge is 0.496 e. The molecule has 1 unspecified atom stereocenters. The summed E-state index contributed by atoms with van der Waals surface area (Å²) in [6, 6.07) is 10.2. The van der Waals surface area contributed by atoms with Crippen molar-refractivity contribution < 1.29 is 14.3 Å². The number of hydrogen-bond donors (Lipinski definition) is 1. The van der Waals surface area contributed by atoms with Gasteiger partial charge in [-0.3, -0.25) is 9.59 Å². The molecule has 2 saturated heterocycles. The third-order valence-electron chi connectivity index (χ3n) is 6.24. The Morgan fingerprint density at radius 2 is 1.86 bits per heavy atom. The molecule has 0 spiro atoms. The van der Waals surface area contributed by atoms with Gasteiger partial charge in [0.1, 0.15) is 11.6 Å². The first-order chi connectivity index (χ1) is 14.0. The molecule has 1 N–H and O–H groups in total. The Labute approximate surface area is 171 Å². The number of amides is 1. The molecule has 0 aliphatic carbocycles. The summed E-state index contributed by atoms with van der Waals surface area (Å²) in [5, 5.41) is 3.24. The molecule has 2 aromatic rings. The molecular formula is C23H27N3O3. The molecule has 6 nitrogen and oxygen atoms in total. The van der Waals surface area contributed by atoms with Gasteiger partial charge in [-0.1, -0.05) is 6.07 Å². The van der Waals surface area contributed by atoms with Crippen LogP contribution < -0.4 is 15.0 Å². The molecule has 1 aromatic heterocycles. The quantitative estimate of drug-likeness (QED) is 0.787. The van der Waals surface area contributed by atoms with Crippen LogP contribution in [0.1, 0.15) is 58.9 Å². The smallest absolute Gasteiger partial charge is 0.251 e. The minimum Gasteiger partial charge on any atom is -0.496 e. The van der Waals surface area contributed by atoms with Crippen molar-refractivity contribution in [1.29, 1.82) is 0 Å². The Hall–Kier alpha value is -2.89. The summed E-state index contributed by atoms with van der Waals surface area (Å²) in [5.74, 6) is 1.65. The lowest BCUT2D eigenvalue weighted by atomic mass is 9.96. The van der Waals surface area contributed by atoms with Crippen molar-refractivity contribution in [3.63, 3.8) is 0 Å². The van der Waals surface area contributed by atoms with Crippen molar-refractivity contribution in [3.8, 4) is 5.75 Å². The second kappa shape index (κ2) is 7.85. The monoisotopic (exact) mass is 393 g/mol. The highest BCUT2D eigenvalue weighted by atomic mass is 16.5. The van der Waals surface area contributed by atoms with Gasteiger partial charge in [0.05, 0.1) is 7.11 Å². The molecule has 3 heterocycles. The summed E-state index contributed by atoms with van der Waals surface area (Å²) in [6.45, 7) is 3.47. The molecule has 2 bridgehead atoms. The van der Waals surface area contributed by atoms with Gasteiger partial charge in [0.25, 0.3) is 5.91 Å². The second-order valence-corrected chi connectivity index (χ2v) is 8.03. The molecule has 2 aliphatic heterocycles. The van der Waals surface area contributed by atoms with Crippen LogP contribution in [0, 0.1) is 6.92 Å². The number of carbonyl (C=O) groups excluding carboxylic acids is 2. The van der Waals surface area contributed by atoms with E-state index in [0.717, 1.165) is 42.8 Å². The lowest BCUT2D eigenvalue weighted by Gasteiger charge is -2.40. The first-order valence-electron chi connectivity index (χ1n) is 10.2. The van der Waals surface area contributed by atoms with E-state index in [1.165, 1.54) is 0 Å². The van der Waals surface area contributed by atoms with E-state index in [2.05, 4.69) is 15.2 Å². The highest BCUT2D eigenvalue weighted by Gasteiger charge is 2.41. The van der Waals surface area contributed by atoms with E-state index in [-0.39, 0.29) is 17.7 Å². The van der Waals surface area contributed by atoms with Gasteiger partial charge in [-0.25, -0.2) is 4.98 Å². The van der Waals surface area contributed by atoms with Crippen molar-refractivity contribution in [2.24, 2.45) is 0 Å². The summed E-state index contributed by atoms with van der Waals surface area (Å²) >= 11 is 0. The van der Waals surface area contributed by atoms with Gasteiger partial charge in [0, 0.05) is 41.0 Å². The Kier molecular flexibility index (Phi) is 5.26.